The number of nitrogens with zero attached hydrogens (tertiary/aromatic N) is 2. The topological polar surface area (TPSA) is 85.1 Å². The Morgan fingerprint density at radius 1 is 1.25 bits per heavy atom. The average Bonchev–Trinajstić information content (AvgIpc) is 2.97. The molecule has 0 unspecified atom stereocenters. The van der Waals surface area contributed by atoms with Crippen LogP contribution in [0.4, 0.5) is 10.8 Å². The van der Waals surface area contributed by atoms with Crippen molar-refractivity contribution in [3.8, 4) is 0 Å². The van der Waals surface area contributed by atoms with E-state index in [0.717, 1.165) is 22.2 Å². The molecule has 24 heavy (non-hydrogen) atoms. The Morgan fingerprint density at radius 2 is 2.00 bits per heavy atom. The number of nitro groups is 1. The Labute approximate surface area is 142 Å². The van der Waals surface area contributed by atoms with Crippen LogP contribution in [0.15, 0.2) is 42.5 Å². The number of nitro benzene ring substituents is 1. The first-order valence-corrected chi connectivity index (χ1v) is 8.30. The lowest BCUT2D eigenvalue weighted by Crippen LogP contribution is -2.14. The summed E-state index contributed by atoms with van der Waals surface area (Å²) >= 11 is 1.44. The van der Waals surface area contributed by atoms with Crippen molar-refractivity contribution >= 4 is 38.3 Å². The number of aromatic nitrogens is 1. The molecule has 0 atom stereocenters. The van der Waals surface area contributed by atoms with Gasteiger partial charge in [0.15, 0.2) is 5.13 Å². The molecule has 0 spiro atoms. The van der Waals surface area contributed by atoms with Crippen molar-refractivity contribution in [1.29, 1.82) is 0 Å². The zero-order valence-corrected chi connectivity index (χ0v) is 13.8. The maximum Gasteiger partial charge on any atom is 0.269 e. The Morgan fingerprint density at radius 3 is 2.67 bits per heavy atom. The molecule has 6 nitrogen and oxygen atoms in total. The van der Waals surface area contributed by atoms with Gasteiger partial charge >= 0.3 is 0 Å². The lowest BCUT2D eigenvalue weighted by atomic mass is 10.1. The highest BCUT2D eigenvalue weighted by Gasteiger charge is 2.11. The van der Waals surface area contributed by atoms with Gasteiger partial charge in [0, 0.05) is 12.1 Å². The van der Waals surface area contributed by atoms with Crippen molar-refractivity contribution in [1.82, 2.24) is 4.98 Å². The van der Waals surface area contributed by atoms with Crippen molar-refractivity contribution in [3.63, 3.8) is 0 Å². The summed E-state index contributed by atoms with van der Waals surface area (Å²) in [5.41, 5.74) is 2.81. The normalized spacial score (nSPS) is 10.7. The molecule has 0 saturated heterocycles. The molecule has 1 heterocycles. The molecule has 0 bridgehead atoms. The van der Waals surface area contributed by atoms with E-state index in [2.05, 4.69) is 17.2 Å². The minimum Gasteiger partial charge on any atom is -0.302 e. The fraction of sp³-hybridized carbons (Fsp3) is 0.176. The first kappa shape index (κ1) is 16.1. The standard InChI is InChI=1S/C17H15N3O3S/c1-2-12-4-3-5-14-16(12)19-17(24-14)18-15(21)10-11-6-8-13(9-7-11)20(22)23/h3-9H,2,10H2,1H3,(H,18,19,21). The third-order valence-corrected chi connectivity index (χ3v) is 4.58. The van der Waals surface area contributed by atoms with Gasteiger partial charge < -0.3 is 5.32 Å². The SMILES string of the molecule is CCc1cccc2sc(NC(=O)Cc3ccc([N+](=O)[O-])cc3)nc12. The smallest absolute Gasteiger partial charge is 0.269 e. The summed E-state index contributed by atoms with van der Waals surface area (Å²) in [6.45, 7) is 2.07. The van der Waals surface area contributed by atoms with Gasteiger partial charge in [-0.3, -0.25) is 14.9 Å². The number of aryl methyl sites for hydroxylation is 1. The van der Waals surface area contributed by atoms with Crippen LogP contribution in [0.1, 0.15) is 18.1 Å². The van der Waals surface area contributed by atoms with E-state index in [9.17, 15) is 14.9 Å². The van der Waals surface area contributed by atoms with Crippen LogP contribution in [0.2, 0.25) is 0 Å². The number of hydrogen-bond acceptors (Lipinski definition) is 5. The third kappa shape index (κ3) is 3.41. The number of carbonyl (C=O) groups is 1. The number of nitrogens with one attached hydrogen (secondary N) is 1. The number of rotatable bonds is 5. The predicted molar refractivity (Wildman–Crippen MR) is 94.4 cm³/mol. The molecule has 122 valence electrons. The largest absolute Gasteiger partial charge is 0.302 e. The number of anilines is 1. The highest BCUT2D eigenvalue weighted by atomic mass is 32.1. The van der Waals surface area contributed by atoms with E-state index in [1.165, 1.54) is 23.5 Å². The summed E-state index contributed by atoms with van der Waals surface area (Å²) in [6, 6.07) is 12.0. The van der Waals surface area contributed by atoms with Gasteiger partial charge in [-0.1, -0.05) is 42.5 Å². The number of thiazole rings is 1. The van der Waals surface area contributed by atoms with Crippen LogP contribution in [0.5, 0.6) is 0 Å². The molecule has 3 rings (SSSR count). The number of hydrogen-bond donors (Lipinski definition) is 1. The molecule has 3 aromatic rings. The number of amides is 1. The Balaban J connectivity index is 1.71. The molecule has 0 radical (unpaired) electrons. The summed E-state index contributed by atoms with van der Waals surface area (Å²) < 4.78 is 1.04. The van der Waals surface area contributed by atoms with Crippen molar-refractivity contribution in [2.24, 2.45) is 0 Å². The van der Waals surface area contributed by atoms with Crippen LogP contribution in [0.25, 0.3) is 10.2 Å². The molecule has 1 amide bonds. The number of para-hydroxylation sites is 1. The first-order valence-electron chi connectivity index (χ1n) is 7.48. The third-order valence-electron chi connectivity index (χ3n) is 3.64. The molecule has 0 aliphatic carbocycles. The Hall–Kier alpha value is -2.80. The van der Waals surface area contributed by atoms with Crippen LogP contribution in [-0.4, -0.2) is 15.8 Å². The maximum absolute atomic E-state index is 12.2. The number of benzene rings is 2. The van der Waals surface area contributed by atoms with Crippen molar-refractivity contribution in [2.75, 3.05) is 5.32 Å². The minimum absolute atomic E-state index is 0.0115. The predicted octanol–water partition coefficient (Wildman–Crippen LogP) is 3.95. The second kappa shape index (κ2) is 6.76. The van der Waals surface area contributed by atoms with E-state index in [-0.39, 0.29) is 18.0 Å². The zero-order chi connectivity index (χ0) is 17.1. The summed E-state index contributed by atoms with van der Waals surface area (Å²) in [5, 5.41) is 14.0. The van der Waals surface area contributed by atoms with E-state index in [0.29, 0.717) is 10.7 Å². The molecular weight excluding hydrogens is 326 g/mol. The molecule has 0 aliphatic rings. The van der Waals surface area contributed by atoms with Gasteiger partial charge in [-0.25, -0.2) is 4.98 Å². The van der Waals surface area contributed by atoms with E-state index >= 15 is 0 Å². The lowest BCUT2D eigenvalue weighted by molar-refractivity contribution is -0.384. The molecule has 0 saturated carbocycles. The second-order valence-corrected chi connectivity index (χ2v) is 6.32. The van der Waals surface area contributed by atoms with Gasteiger partial charge in [0.05, 0.1) is 21.6 Å². The highest BCUT2D eigenvalue weighted by Crippen LogP contribution is 2.28. The number of fused-ring (bicyclic) bond motifs is 1. The molecule has 7 heteroatoms. The van der Waals surface area contributed by atoms with Gasteiger partial charge in [0.1, 0.15) is 0 Å². The fourth-order valence-corrected chi connectivity index (χ4v) is 3.36. The Kier molecular flexibility index (Phi) is 4.52. The van der Waals surface area contributed by atoms with Crippen molar-refractivity contribution in [2.45, 2.75) is 19.8 Å². The summed E-state index contributed by atoms with van der Waals surface area (Å²) in [4.78, 5) is 26.8. The molecule has 2 aromatic carbocycles. The Bertz CT molecular complexity index is 903. The second-order valence-electron chi connectivity index (χ2n) is 5.28. The van der Waals surface area contributed by atoms with Gasteiger partial charge in [-0.15, -0.1) is 0 Å². The van der Waals surface area contributed by atoms with Gasteiger partial charge in [-0.2, -0.15) is 0 Å². The maximum atomic E-state index is 12.2. The summed E-state index contributed by atoms with van der Waals surface area (Å²) in [7, 11) is 0. The van der Waals surface area contributed by atoms with Crippen LogP contribution in [-0.2, 0) is 17.6 Å². The van der Waals surface area contributed by atoms with Crippen LogP contribution < -0.4 is 5.32 Å². The van der Waals surface area contributed by atoms with Gasteiger partial charge in [-0.05, 0) is 23.6 Å². The van der Waals surface area contributed by atoms with Crippen molar-refractivity contribution < 1.29 is 9.72 Å². The van der Waals surface area contributed by atoms with E-state index in [1.807, 2.05) is 18.2 Å². The van der Waals surface area contributed by atoms with Crippen molar-refractivity contribution in [3.05, 3.63) is 63.7 Å². The monoisotopic (exact) mass is 341 g/mol. The average molecular weight is 341 g/mol. The quantitative estimate of drug-likeness (QED) is 0.562. The van der Waals surface area contributed by atoms with Gasteiger partial charge in [0.2, 0.25) is 5.91 Å². The van der Waals surface area contributed by atoms with E-state index in [1.54, 1.807) is 12.1 Å². The number of non-ortho nitro benzene ring substituents is 1. The summed E-state index contributed by atoms with van der Waals surface area (Å²) in [6.07, 6.45) is 1.03. The fourth-order valence-electron chi connectivity index (χ4n) is 2.43. The van der Waals surface area contributed by atoms with E-state index < -0.39 is 4.92 Å². The number of carbonyl (C=O) groups excluding carboxylic acids is 1. The van der Waals surface area contributed by atoms with Crippen LogP contribution >= 0.6 is 11.3 Å². The van der Waals surface area contributed by atoms with Gasteiger partial charge in [0.25, 0.3) is 5.69 Å². The van der Waals surface area contributed by atoms with E-state index in [4.69, 9.17) is 0 Å². The highest BCUT2D eigenvalue weighted by molar-refractivity contribution is 7.22. The van der Waals surface area contributed by atoms with Crippen LogP contribution in [0.3, 0.4) is 0 Å². The molecule has 0 fully saturated rings. The lowest BCUT2D eigenvalue weighted by Gasteiger charge is -2.01. The molecule has 1 N–H and O–H groups in total. The minimum atomic E-state index is -0.462. The van der Waals surface area contributed by atoms with Crippen LogP contribution in [0, 0.1) is 10.1 Å². The zero-order valence-electron chi connectivity index (χ0n) is 13.0. The molecule has 1 aromatic heterocycles. The molecular formula is C17H15N3O3S. The summed E-state index contributed by atoms with van der Waals surface area (Å²) in [5.74, 6) is -0.194. The molecule has 0 aliphatic heterocycles. The first-order chi connectivity index (χ1) is 11.6.